The van der Waals surface area contributed by atoms with Crippen LogP contribution in [-0.2, 0) is 0 Å². The van der Waals surface area contributed by atoms with Crippen LogP contribution >= 0.6 is 23.1 Å². The molecule has 5 N–H and O–H groups in total. The van der Waals surface area contributed by atoms with Gasteiger partial charge in [-0.3, -0.25) is 4.99 Å². The molecule has 1 atom stereocenters. The number of hydrogen-bond donors (Lipinski definition) is 3. The molecule has 0 saturated carbocycles. The highest BCUT2D eigenvalue weighted by molar-refractivity contribution is 7.99. The van der Waals surface area contributed by atoms with Gasteiger partial charge in [-0.25, -0.2) is 4.98 Å². The van der Waals surface area contributed by atoms with E-state index in [1.807, 2.05) is 5.38 Å². The molecule has 0 aliphatic carbocycles. The van der Waals surface area contributed by atoms with Crippen molar-refractivity contribution in [1.29, 1.82) is 5.26 Å². The average molecular weight is 297 g/mol. The number of nitriles is 1. The fourth-order valence-corrected chi connectivity index (χ4v) is 2.89. The van der Waals surface area contributed by atoms with Crippen LogP contribution in [0, 0.1) is 11.5 Å². The molecule has 0 radical (unpaired) electrons. The maximum Gasteiger partial charge on any atom is 0.207 e. The van der Waals surface area contributed by atoms with Crippen LogP contribution in [0.4, 0.5) is 0 Å². The highest BCUT2D eigenvalue weighted by atomic mass is 32.2. The molecule has 0 spiro atoms. The Hall–Kier alpha value is -1.79. The number of nitrogens with two attached hydrogens (primary N) is 2. The van der Waals surface area contributed by atoms with E-state index in [1.165, 1.54) is 11.3 Å². The van der Waals surface area contributed by atoms with Crippen molar-refractivity contribution >= 4 is 34.9 Å². The van der Waals surface area contributed by atoms with Crippen molar-refractivity contribution in [2.45, 2.75) is 11.8 Å². The Morgan fingerprint density at radius 3 is 3.05 bits per heavy atom. The molecule has 9 heteroatoms. The van der Waals surface area contributed by atoms with Crippen molar-refractivity contribution in [3.05, 3.63) is 16.6 Å². The first-order chi connectivity index (χ1) is 9.17. The number of hydrogen-bond acceptors (Lipinski definition) is 6. The molecule has 19 heavy (non-hydrogen) atoms. The van der Waals surface area contributed by atoms with Crippen LogP contribution in [0.25, 0.3) is 0 Å². The zero-order valence-corrected chi connectivity index (χ0v) is 12.0. The van der Waals surface area contributed by atoms with Crippen LogP contribution in [0.5, 0.6) is 0 Å². The molecule has 1 aromatic heterocycles. The average Bonchev–Trinajstić information content (AvgIpc) is 2.91. The van der Waals surface area contributed by atoms with Crippen molar-refractivity contribution in [2.75, 3.05) is 12.8 Å². The first-order valence-electron chi connectivity index (χ1n) is 5.37. The van der Waals surface area contributed by atoms with Gasteiger partial charge < -0.3 is 16.8 Å². The summed E-state index contributed by atoms with van der Waals surface area (Å²) < 4.78 is 0. The summed E-state index contributed by atoms with van der Waals surface area (Å²) in [5.74, 6) is 1.37. The largest absolute Gasteiger partial charge is 0.386 e. The summed E-state index contributed by atoms with van der Waals surface area (Å²) in [7, 11) is 1.61. The van der Waals surface area contributed by atoms with Crippen molar-refractivity contribution < 1.29 is 0 Å². The summed E-state index contributed by atoms with van der Waals surface area (Å²) >= 11 is 3.09. The fraction of sp³-hybridized carbons (Fsp3) is 0.400. The van der Waals surface area contributed by atoms with Crippen LogP contribution < -0.4 is 16.8 Å². The molecule has 1 rings (SSSR count). The van der Waals surface area contributed by atoms with Gasteiger partial charge in [0.1, 0.15) is 11.2 Å². The summed E-state index contributed by atoms with van der Waals surface area (Å²) in [6, 6.07) is 0. The Kier molecular flexibility index (Phi) is 6.70. The standard InChI is InChI=1S/C10H15N7S2/c1-14-10(13)17-9(7-4-18-6-16-7)19-3-2-8(12)15-5-11/h4,6,9H,2-3H2,1H3,(H2,12,15)(H3,13,14,17). The third-order valence-corrected chi connectivity index (χ3v) is 3.81. The molecule has 0 fully saturated rings. The molecule has 102 valence electrons. The monoisotopic (exact) mass is 297 g/mol. The SMILES string of the molecule is CN=C(N)NC(SCCC(N)=NC#N)c1cscn1. The van der Waals surface area contributed by atoms with E-state index >= 15 is 0 Å². The molecular weight excluding hydrogens is 282 g/mol. The molecule has 1 aromatic rings. The predicted octanol–water partition coefficient (Wildman–Crippen LogP) is 0.637. The lowest BCUT2D eigenvalue weighted by Gasteiger charge is -2.16. The maximum absolute atomic E-state index is 8.37. The molecule has 1 heterocycles. The van der Waals surface area contributed by atoms with Gasteiger partial charge >= 0.3 is 0 Å². The van der Waals surface area contributed by atoms with Gasteiger partial charge in [0.15, 0.2) is 5.96 Å². The molecule has 0 bridgehead atoms. The van der Waals surface area contributed by atoms with Gasteiger partial charge in [-0.15, -0.1) is 23.1 Å². The second kappa shape index (κ2) is 8.34. The number of nitrogens with zero attached hydrogens (tertiary/aromatic N) is 4. The topological polar surface area (TPSA) is 125 Å². The van der Waals surface area contributed by atoms with E-state index in [4.69, 9.17) is 16.7 Å². The van der Waals surface area contributed by atoms with E-state index in [2.05, 4.69) is 20.3 Å². The normalized spacial score (nSPS) is 13.9. The summed E-state index contributed by atoms with van der Waals surface area (Å²) in [5, 5.41) is 13.3. The number of thiazole rings is 1. The van der Waals surface area contributed by atoms with Crippen molar-refractivity contribution in [3.63, 3.8) is 0 Å². The van der Waals surface area contributed by atoms with Gasteiger partial charge in [-0.2, -0.15) is 10.3 Å². The fourth-order valence-electron chi connectivity index (χ4n) is 1.15. The van der Waals surface area contributed by atoms with Gasteiger partial charge in [-0.1, -0.05) is 0 Å². The van der Waals surface area contributed by atoms with Gasteiger partial charge in [0.25, 0.3) is 0 Å². The van der Waals surface area contributed by atoms with Crippen molar-refractivity contribution in [3.8, 4) is 6.19 Å². The number of rotatable bonds is 6. The smallest absolute Gasteiger partial charge is 0.207 e. The van der Waals surface area contributed by atoms with Gasteiger partial charge in [-0.05, 0) is 0 Å². The Balaban J connectivity index is 2.56. The second-order valence-corrected chi connectivity index (χ2v) is 5.30. The summed E-state index contributed by atoms with van der Waals surface area (Å²) in [5.41, 5.74) is 13.9. The number of thioether (sulfide) groups is 1. The number of nitrogens with one attached hydrogen (secondary N) is 1. The van der Waals surface area contributed by atoms with Crippen molar-refractivity contribution in [2.24, 2.45) is 21.5 Å². The third kappa shape index (κ3) is 5.58. The first-order valence-corrected chi connectivity index (χ1v) is 7.36. The molecule has 7 nitrogen and oxygen atoms in total. The van der Waals surface area contributed by atoms with Crippen LogP contribution in [0.3, 0.4) is 0 Å². The van der Waals surface area contributed by atoms with Gasteiger partial charge in [0.2, 0.25) is 6.19 Å². The molecule has 1 unspecified atom stereocenters. The van der Waals surface area contributed by atoms with Crippen LogP contribution in [0.15, 0.2) is 20.9 Å². The van der Waals surface area contributed by atoms with E-state index in [9.17, 15) is 0 Å². The number of amidine groups is 1. The van der Waals surface area contributed by atoms with Crippen LogP contribution in [0.1, 0.15) is 17.5 Å². The molecule has 0 aliphatic heterocycles. The second-order valence-electron chi connectivity index (χ2n) is 3.37. The minimum absolute atomic E-state index is 0.0927. The molecule has 0 amide bonds. The highest BCUT2D eigenvalue weighted by Crippen LogP contribution is 2.26. The van der Waals surface area contributed by atoms with Crippen LogP contribution in [0.2, 0.25) is 0 Å². The maximum atomic E-state index is 8.37. The van der Waals surface area contributed by atoms with Crippen LogP contribution in [-0.4, -0.2) is 29.6 Å². The van der Waals surface area contributed by atoms with Crippen molar-refractivity contribution in [1.82, 2.24) is 10.3 Å². The quantitative estimate of drug-likeness (QED) is 0.306. The Morgan fingerprint density at radius 1 is 1.68 bits per heavy atom. The summed E-state index contributed by atoms with van der Waals surface area (Å²) in [6.07, 6.45) is 2.19. The minimum Gasteiger partial charge on any atom is -0.386 e. The number of aliphatic imine (C=N–C) groups is 2. The summed E-state index contributed by atoms with van der Waals surface area (Å²) in [4.78, 5) is 11.6. The zero-order chi connectivity index (χ0) is 14.1. The van der Waals surface area contributed by atoms with E-state index in [-0.39, 0.29) is 5.37 Å². The molecular formula is C10H15N7S2. The minimum atomic E-state index is -0.0927. The van der Waals surface area contributed by atoms with E-state index in [1.54, 1.807) is 30.5 Å². The Labute approximate surface area is 119 Å². The van der Waals surface area contributed by atoms with Gasteiger partial charge in [0.05, 0.1) is 11.2 Å². The molecule has 0 aliphatic rings. The zero-order valence-electron chi connectivity index (χ0n) is 10.4. The lowest BCUT2D eigenvalue weighted by Crippen LogP contribution is -2.34. The van der Waals surface area contributed by atoms with Gasteiger partial charge in [0, 0.05) is 24.6 Å². The highest BCUT2D eigenvalue weighted by Gasteiger charge is 2.14. The Morgan fingerprint density at radius 2 is 2.47 bits per heavy atom. The van der Waals surface area contributed by atoms with E-state index < -0.39 is 0 Å². The third-order valence-electron chi connectivity index (χ3n) is 2.08. The number of aromatic nitrogens is 1. The number of guanidine groups is 1. The molecule has 0 aromatic carbocycles. The lowest BCUT2D eigenvalue weighted by molar-refractivity contribution is 0.846. The Bertz CT molecular complexity index is 475. The lowest BCUT2D eigenvalue weighted by atomic mass is 10.4. The van der Waals surface area contributed by atoms with E-state index in [0.29, 0.717) is 24.0 Å². The van der Waals surface area contributed by atoms with E-state index in [0.717, 1.165) is 5.69 Å². The first kappa shape index (κ1) is 15.3. The summed E-state index contributed by atoms with van der Waals surface area (Å²) in [6.45, 7) is 0. The molecule has 0 saturated heterocycles. The predicted molar refractivity (Wildman–Crippen MR) is 79.8 cm³/mol.